The third kappa shape index (κ3) is 5.30. The van der Waals surface area contributed by atoms with Crippen LogP contribution in [0.4, 0.5) is 5.69 Å². The van der Waals surface area contributed by atoms with Crippen LogP contribution < -0.4 is 10.6 Å². The minimum absolute atomic E-state index is 0.109. The van der Waals surface area contributed by atoms with Gasteiger partial charge in [-0.25, -0.2) is 0 Å². The highest BCUT2D eigenvalue weighted by Crippen LogP contribution is 2.26. The Morgan fingerprint density at radius 1 is 1.28 bits per heavy atom. The first-order chi connectivity index (χ1) is 11.9. The van der Waals surface area contributed by atoms with Crippen molar-refractivity contribution in [2.24, 2.45) is 0 Å². The SMILES string of the molecule is Cc1ccsc1[C@@H](CNC(=O)c1cccc(NCC(=O)O)c1)N(C)C. The highest BCUT2D eigenvalue weighted by atomic mass is 32.1. The minimum Gasteiger partial charge on any atom is -0.480 e. The van der Waals surface area contributed by atoms with E-state index in [2.05, 4.69) is 33.9 Å². The van der Waals surface area contributed by atoms with Gasteiger partial charge in [-0.3, -0.25) is 9.59 Å². The number of benzene rings is 1. The fraction of sp³-hybridized carbons (Fsp3) is 0.333. The zero-order valence-electron chi connectivity index (χ0n) is 14.6. The number of nitrogens with zero attached hydrogens (tertiary/aromatic N) is 1. The molecule has 0 fully saturated rings. The van der Waals surface area contributed by atoms with Crippen molar-refractivity contribution in [1.82, 2.24) is 10.2 Å². The monoisotopic (exact) mass is 361 g/mol. The Morgan fingerprint density at radius 3 is 2.64 bits per heavy atom. The van der Waals surface area contributed by atoms with Crippen molar-refractivity contribution in [2.75, 3.05) is 32.5 Å². The molecule has 2 rings (SSSR count). The number of amides is 1. The van der Waals surface area contributed by atoms with Gasteiger partial charge in [0.15, 0.2) is 0 Å². The number of carboxylic acids is 1. The lowest BCUT2D eigenvalue weighted by molar-refractivity contribution is -0.134. The zero-order valence-corrected chi connectivity index (χ0v) is 15.4. The summed E-state index contributed by atoms with van der Waals surface area (Å²) in [5, 5.41) is 16.5. The maximum absolute atomic E-state index is 12.4. The van der Waals surface area contributed by atoms with E-state index in [4.69, 9.17) is 5.11 Å². The maximum atomic E-state index is 12.4. The number of hydrogen-bond donors (Lipinski definition) is 3. The molecule has 7 heteroatoms. The first-order valence-electron chi connectivity index (χ1n) is 7.93. The Morgan fingerprint density at radius 2 is 2.04 bits per heavy atom. The molecule has 25 heavy (non-hydrogen) atoms. The molecule has 6 nitrogen and oxygen atoms in total. The average molecular weight is 361 g/mol. The van der Waals surface area contributed by atoms with Gasteiger partial charge in [-0.2, -0.15) is 0 Å². The van der Waals surface area contributed by atoms with Crippen LogP contribution in [0.5, 0.6) is 0 Å². The van der Waals surface area contributed by atoms with Crippen molar-refractivity contribution < 1.29 is 14.7 Å². The van der Waals surface area contributed by atoms with Crippen LogP contribution in [0.2, 0.25) is 0 Å². The van der Waals surface area contributed by atoms with E-state index >= 15 is 0 Å². The van der Waals surface area contributed by atoms with E-state index in [1.165, 1.54) is 10.4 Å². The van der Waals surface area contributed by atoms with Gasteiger partial charge < -0.3 is 20.6 Å². The number of carbonyl (C=O) groups excluding carboxylic acids is 1. The predicted octanol–water partition coefficient (Wildman–Crippen LogP) is 2.59. The van der Waals surface area contributed by atoms with Crippen molar-refractivity contribution in [3.8, 4) is 0 Å². The second kappa shape index (κ2) is 8.64. The number of thiophene rings is 1. The molecule has 0 aliphatic carbocycles. The van der Waals surface area contributed by atoms with Crippen LogP contribution in [0.1, 0.15) is 26.8 Å². The molecule has 1 heterocycles. The second-order valence-electron chi connectivity index (χ2n) is 5.99. The molecule has 0 radical (unpaired) electrons. The molecule has 0 saturated carbocycles. The van der Waals surface area contributed by atoms with Crippen molar-refractivity contribution >= 4 is 28.9 Å². The van der Waals surface area contributed by atoms with Crippen LogP contribution in [0.25, 0.3) is 0 Å². The molecule has 0 spiro atoms. The number of aryl methyl sites for hydroxylation is 1. The van der Waals surface area contributed by atoms with Gasteiger partial charge in [-0.1, -0.05) is 6.07 Å². The van der Waals surface area contributed by atoms with Crippen molar-refractivity contribution in [2.45, 2.75) is 13.0 Å². The van der Waals surface area contributed by atoms with E-state index in [1.54, 1.807) is 35.6 Å². The Hall–Kier alpha value is -2.38. The number of nitrogens with one attached hydrogen (secondary N) is 2. The van der Waals surface area contributed by atoms with Crippen LogP contribution in [0.3, 0.4) is 0 Å². The summed E-state index contributed by atoms with van der Waals surface area (Å²) in [7, 11) is 3.98. The molecule has 1 aromatic heterocycles. The molecule has 1 aromatic carbocycles. The lowest BCUT2D eigenvalue weighted by Gasteiger charge is -2.24. The van der Waals surface area contributed by atoms with Gasteiger partial charge >= 0.3 is 5.97 Å². The predicted molar refractivity (Wildman–Crippen MR) is 100 cm³/mol. The molecule has 3 N–H and O–H groups in total. The van der Waals surface area contributed by atoms with E-state index in [0.29, 0.717) is 17.8 Å². The summed E-state index contributed by atoms with van der Waals surface area (Å²) in [5.74, 6) is -1.13. The standard InChI is InChI=1S/C18H23N3O3S/c1-12-7-8-25-17(12)15(21(2)3)10-20-18(24)13-5-4-6-14(9-13)19-11-16(22)23/h4-9,15,19H,10-11H2,1-3H3,(H,20,24)(H,22,23)/t15-/m1/s1. The summed E-state index contributed by atoms with van der Waals surface area (Å²) in [6.45, 7) is 2.38. The van der Waals surface area contributed by atoms with Gasteiger partial charge in [-0.15, -0.1) is 11.3 Å². The van der Waals surface area contributed by atoms with Crippen molar-refractivity contribution in [3.05, 3.63) is 51.7 Å². The zero-order chi connectivity index (χ0) is 18.4. The molecule has 134 valence electrons. The molecular weight excluding hydrogens is 338 g/mol. The van der Waals surface area contributed by atoms with E-state index in [0.717, 1.165) is 0 Å². The van der Waals surface area contributed by atoms with Gasteiger partial charge in [0.25, 0.3) is 5.91 Å². The third-order valence-corrected chi connectivity index (χ3v) is 4.97. The molecular formula is C18H23N3O3S. The lowest BCUT2D eigenvalue weighted by Crippen LogP contribution is -2.34. The van der Waals surface area contributed by atoms with Gasteiger partial charge in [0.1, 0.15) is 6.54 Å². The Labute approximate surface area is 151 Å². The van der Waals surface area contributed by atoms with Crippen LogP contribution in [0, 0.1) is 6.92 Å². The van der Waals surface area contributed by atoms with Crippen molar-refractivity contribution in [3.63, 3.8) is 0 Å². The number of anilines is 1. The van der Waals surface area contributed by atoms with Gasteiger partial charge in [0, 0.05) is 22.7 Å². The molecule has 1 atom stereocenters. The lowest BCUT2D eigenvalue weighted by atomic mass is 10.1. The molecule has 2 aromatic rings. The van der Waals surface area contributed by atoms with E-state index in [9.17, 15) is 9.59 Å². The van der Waals surface area contributed by atoms with E-state index in [-0.39, 0.29) is 18.5 Å². The molecule has 0 saturated heterocycles. The molecule has 0 bridgehead atoms. The summed E-state index contributed by atoms with van der Waals surface area (Å²) in [6, 6.07) is 9.01. The smallest absolute Gasteiger partial charge is 0.322 e. The van der Waals surface area contributed by atoms with Crippen LogP contribution >= 0.6 is 11.3 Å². The average Bonchev–Trinajstić information content (AvgIpc) is 2.99. The third-order valence-electron chi connectivity index (χ3n) is 3.85. The highest BCUT2D eigenvalue weighted by molar-refractivity contribution is 7.10. The normalized spacial score (nSPS) is 12.0. The van der Waals surface area contributed by atoms with Crippen LogP contribution in [0.15, 0.2) is 35.7 Å². The van der Waals surface area contributed by atoms with E-state index < -0.39 is 5.97 Å². The van der Waals surface area contributed by atoms with Gasteiger partial charge in [-0.05, 0) is 56.2 Å². The van der Waals surface area contributed by atoms with E-state index in [1.807, 2.05) is 14.1 Å². The fourth-order valence-corrected chi connectivity index (χ4v) is 3.60. The molecule has 0 aliphatic rings. The second-order valence-corrected chi connectivity index (χ2v) is 6.93. The summed E-state index contributed by atoms with van der Waals surface area (Å²) in [4.78, 5) is 26.4. The van der Waals surface area contributed by atoms with Crippen LogP contribution in [-0.4, -0.2) is 49.1 Å². The maximum Gasteiger partial charge on any atom is 0.322 e. The number of carbonyl (C=O) groups is 2. The summed E-state index contributed by atoms with van der Waals surface area (Å²) in [5.41, 5.74) is 2.32. The minimum atomic E-state index is -0.949. The number of likely N-dealkylation sites (N-methyl/N-ethyl adjacent to an activating group) is 1. The quantitative estimate of drug-likeness (QED) is 0.673. The number of carboxylic acid groups (broad SMARTS) is 1. The first-order valence-corrected chi connectivity index (χ1v) is 8.80. The Bertz CT molecular complexity index is 743. The molecule has 0 aliphatic heterocycles. The summed E-state index contributed by atoms with van der Waals surface area (Å²) in [6.07, 6.45) is 0. The van der Waals surface area contributed by atoms with Gasteiger partial charge in [0.05, 0.1) is 6.04 Å². The topological polar surface area (TPSA) is 81.7 Å². The molecule has 0 unspecified atom stereocenters. The largest absolute Gasteiger partial charge is 0.480 e. The summed E-state index contributed by atoms with van der Waals surface area (Å²) >= 11 is 1.69. The van der Waals surface area contributed by atoms with Crippen molar-refractivity contribution in [1.29, 1.82) is 0 Å². The highest BCUT2D eigenvalue weighted by Gasteiger charge is 2.19. The summed E-state index contributed by atoms with van der Waals surface area (Å²) < 4.78 is 0. The van der Waals surface area contributed by atoms with Crippen LogP contribution in [-0.2, 0) is 4.79 Å². The Balaban J connectivity index is 2.02. The van der Waals surface area contributed by atoms with Gasteiger partial charge in [0.2, 0.25) is 0 Å². The number of hydrogen-bond acceptors (Lipinski definition) is 5. The number of rotatable bonds is 8. The molecule has 1 amide bonds. The number of aliphatic carboxylic acids is 1. The Kier molecular flexibility index (Phi) is 6.55. The first kappa shape index (κ1) is 19.0. The fourth-order valence-electron chi connectivity index (χ4n) is 2.48.